The molecule has 2 atom stereocenters. The standard InChI is InChI=1S/C14H29N/c1-11-7-8-12(9-14(11,5)6)15-10-13(2,3)4/h11-12,15H,7-10H2,1-6H3/t11-,12-/m1/s1. The zero-order chi connectivity index (χ0) is 11.7. The minimum absolute atomic E-state index is 0.410. The van der Waals surface area contributed by atoms with Crippen LogP contribution in [0.3, 0.4) is 0 Å². The minimum atomic E-state index is 0.410. The lowest BCUT2D eigenvalue weighted by atomic mass is 9.68. The van der Waals surface area contributed by atoms with E-state index in [4.69, 9.17) is 0 Å². The van der Waals surface area contributed by atoms with Gasteiger partial charge in [0.15, 0.2) is 0 Å². The van der Waals surface area contributed by atoms with Gasteiger partial charge in [-0.2, -0.15) is 0 Å². The molecule has 1 aliphatic carbocycles. The van der Waals surface area contributed by atoms with Crippen molar-refractivity contribution >= 4 is 0 Å². The Kier molecular flexibility index (Phi) is 3.86. The van der Waals surface area contributed by atoms with Crippen molar-refractivity contribution < 1.29 is 0 Å². The molecule has 1 fully saturated rings. The fourth-order valence-electron chi connectivity index (χ4n) is 2.40. The van der Waals surface area contributed by atoms with E-state index in [1.54, 1.807) is 0 Å². The van der Waals surface area contributed by atoms with Crippen LogP contribution in [0.5, 0.6) is 0 Å². The zero-order valence-corrected chi connectivity index (χ0v) is 11.5. The van der Waals surface area contributed by atoms with Gasteiger partial charge in [-0.3, -0.25) is 0 Å². The molecule has 1 rings (SSSR count). The SMILES string of the molecule is C[C@@H]1CC[C@@H](NCC(C)(C)C)CC1(C)C. The van der Waals surface area contributed by atoms with Gasteiger partial charge in [0.2, 0.25) is 0 Å². The van der Waals surface area contributed by atoms with Gasteiger partial charge in [-0.05, 0) is 36.0 Å². The maximum absolute atomic E-state index is 3.74. The lowest BCUT2D eigenvalue weighted by molar-refractivity contribution is 0.119. The lowest BCUT2D eigenvalue weighted by Crippen LogP contribution is -2.43. The summed E-state index contributed by atoms with van der Waals surface area (Å²) in [5.74, 6) is 0.880. The molecule has 0 aromatic heterocycles. The Balaban J connectivity index is 2.40. The van der Waals surface area contributed by atoms with Gasteiger partial charge in [0, 0.05) is 12.6 Å². The molecule has 0 aromatic rings. The summed E-state index contributed by atoms with van der Waals surface area (Å²) in [6.45, 7) is 15.3. The lowest BCUT2D eigenvalue weighted by Gasteiger charge is -2.41. The topological polar surface area (TPSA) is 12.0 Å². The Labute approximate surface area is 96.0 Å². The molecule has 0 aromatic carbocycles. The van der Waals surface area contributed by atoms with Crippen LogP contribution >= 0.6 is 0 Å². The number of hydrogen-bond donors (Lipinski definition) is 1. The van der Waals surface area contributed by atoms with Crippen molar-refractivity contribution in [2.75, 3.05) is 6.54 Å². The molecule has 0 radical (unpaired) electrons. The van der Waals surface area contributed by atoms with Crippen molar-refractivity contribution in [1.29, 1.82) is 0 Å². The highest BCUT2D eigenvalue weighted by atomic mass is 14.9. The van der Waals surface area contributed by atoms with E-state index >= 15 is 0 Å². The van der Waals surface area contributed by atoms with Gasteiger partial charge < -0.3 is 5.32 Å². The fraction of sp³-hybridized carbons (Fsp3) is 1.00. The molecule has 15 heavy (non-hydrogen) atoms. The van der Waals surface area contributed by atoms with Crippen molar-refractivity contribution in [3.05, 3.63) is 0 Å². The monoisotopic (exact) mass is 211 g/mol. The van der Waals surface area contributed by atoms with E-state index in [0.717, 1.165) is 18.5 Å². The first-order valence-electron chi connectivity index (χ1n) is 6.44. The third-order valence-corrected chi connectivity index (χ3v) is 3.98. The van der Waals surface area contributed by atoms with Gasteiger partial charge in [0.05, 0.1) is 0 Å². The Morgan fingerprint density at radius 3 is 2.27 bits per heavy atom. The molecular weight excluding hydrogens is 182 g/mol. The summed E-state index contributed by atoms with van der Waals surface area (Å²) in [6.07, 6.45) is 4.08. The van der Waals surface area contributed by atoms with Crippen LogP contribution in [0.15, 0.2) is 0 Å². The molecule has 0 heterocycles. The smallest absolute Gasteiger partial charge is 0.00725 e. The zero-order valence-electron chi connectivity index (χ0n) is 11.5. The molecule has 1 N–H and O–H groups in total. The van der Waals surface area contributed by atoms with Crippen LogP contribution in [0, 0.1) is 16.7 Å². The second-order valence-electron chi connectivity index (χ2n) is 7.31. The maximum Gasteiger partial charge on any atom is 0.00725 e. The summed E-state index contributed by atoms with van der Waals surface area (Å²) in [5.41, 5.74) is 0.932. The van der Waals surface area contributed by atoms with Gasteiger partial charge in [-0.15, -0.1) is 0 Å². The molecule has 1 aliphatic rings. The average molecular weight is 211 g/mol. The highest BCUT2D eigenvalue weighted by Gasteiger charge is 2.33. The number of hydrogen-bond acceptors (Lipinski definition) is 1. The largest absolute Gasteiger partial charge is 0.313 e. The minimum Gasteiger partial charge on any atom is -0.313 e. The molecule has 0 unspecified atom stereocenters. The third kappa shape index (κ3) is 4.14. The Bertz CT molecular complexity index is 200. The van der Waals surface area contributed by atoms with Crippen molar-refractivity contribution in [2.24, 2.45) is 16.7 Å². The van der Waals surface area contributed by atoms with Crippen LogP contribution in [0.25, 0.3) is 0 Å². The molecule has 90 valence electrons. The van der Waals surface area contributed by atoms with Gasteiger partial charge >= 0.3 is 0 Å². The van der Waals surface area contributed by atoms with E-state index in [2.05, 4.69) is 46.9 Å². The molecular formula is C14H29N. The van der Waals surface area contributed by atoms with E-state index in [9.17, 15) is 0 Å². The van der Waals surface area contributed by atoms with Gasteiger partial charge in [0.1, 0.15) is 0 Å². The average Bonchev–Trinajstić information content (AvgIpc) is 2.06. The predicted octanol–water partition coefficient (Wildman–Crippen LogP) is 3.84. The Morgan fingerprint density at radius 1 is 1.20 bits per heavy atom. The van der Waals surface area contributed by atoms with E-state index < -0.39 is 0 Å². The van der Waals surface area contributed by atoms with Crippen molar-refractivity contribution in [3.63, 3.8) is 0 Å². The van der Waals surface area contributed by atoms with Crippen LogP contribution < -0.4 is 5.32 Å². The van der Waals surface area contributed by atoms with Gasteiger partial charge in [-0.25, -0.2) is 0 Å². The van der Waals surface area contributed by atoms with Crippen molar-refractivity contribution in [3.8, 4) is 0 Å². The van der Waals surface area contributed by atoms with E-state index in [1.807, 2.05) is 0 Å². The molecule has 1 heteroatoms. The van der Waals surface area contributed by atoms with Gasteiger partial charge in [0.25, 0.3) is 0 Å². The Hall–Kier alpha value is -0.0400. The van der Waals surface area contributed by atoms with Crippen molar-refractivity contribution in [2.45, 2.75) is 66.8 Å². The van der Waals surface area contributed by atoms with E-state index in [0.29, 0.717) is 10.8 Å². The summed E-state index contributed by atoms with van der Waals surface area (Å²) >= 11 is 0. The third-order valence-electron chi connectivity index (χ3n) is 3.98. The quantitative estimate of drug-likeness (QED) is 0.732. The molecule has 1 saturated carbocycles. The fourth-order valence-corrected chi connectivity index (χ4v) is 2.40. The van der Waals surface area contributed by atoms with Crippen molar-refractivity contribution in [1.82, 2.24) is 5.32 Å². The molecule has 0 amide bonds. The van der Waals surface area contributed by atoms with Gasteiger partial charge in [-0.1, -0.05) is 41.5 Å². The summed E-state index contributed by atoms with van der Waals surface area (Å²) < 4.78 is 0. The van der Waals surface area contributed by atoms with E-state index in [1.165, 1.54) is 19.3 Å². The molecule has 1 nitrogen and oxygen atoms in total. The Morgan fingerprint density at radius 2 is 1.80 bits per heavy atom. The van der Waals surface area contributed by atoms with E-state index in [-0.39, 0.29) is 0 Å². The summed E-state index contributed by atoms with van der Waals surface area (Å²) in [5, 5.41) is 3.74. The molecule has 0 spiro atoms. The van der Waals surface area contributed by atoms with Crippen LogP contribution in [-0.4, -0.2) is 12.6 Å². The van der Waals surface area contributed by atoms with Crippen LogP contribution in [0.1, 0.15) is 60.8 Å². The van der Waals surface area contributed by atoms with Crippen LogP contribution in [0.2, 0.25) is 0 Å². The molecule has 0 saturated heterocycles. The second-order valence-corrected chi connectivity index (χ2v) is 7.31. The summed E-state index contributed by atoms with van der Waals surface area (Å²) in [6, 6.07) is 0.746. The highest BCUT2D eigenvalue weighted by molar-refractivity contribution is 4.88. The second kappa shape index (κ2) is 4.45. The number of nitrogens with one attached hydrogen (secondary N) is 1. The number of rotatable bonds is 2. The molecule has 0 aliphatic heterocycles. The first kappa shape index (κ1) is 13.0. The maximum atomic E-state index is 3.74. The summed E-state index contributed by atoms with van der Waals surface area (Å²) in [4.78, 5) is 0. The molecule has 0 bridgehead atoms. The van der Waals surface area contributed by atoms with Crippen LogP contribution in [-0.2, 0) is 0 Å². The van der Waals surface area contributed by atoms with Crippen LogP contribution in [0.4, 0.5) is 0 Å². The predicted molar refractivity (Wildman–Crippen MR) is 68.0 cm³/mol. The summed E-state index contributed by atoms with van der Waals surface area (Å²) in [7, 11) is 0. The first-order valence-corrected chi connectivity index (χ1v) is 6.44. The normalized spacial score (nSPS) is 31.6. The highest BCUT2D eigenvalue weighted by Crippen LogP contribution is 2.40. The first-order chi connectivity index (χ1) is 6.71.